The van der Waals surface area contributed by atoms with Gasteiger partial charge in [-0.15, -0.1) is 0 Å². The highest BCUT2D eigenvalue weighted by atomic mass is 16.5. The first-order valence-electron chi connectivity index (χ1n) is 7.49. The number of benzene rings is 1. The van der Waals surface area contributed by atoms with Crippen molar-refractivity contribution in [3.05, 3.63) is 47.6 Å². The fraction of sp³-hybridized carbons (Fsp3) is 0.500. The molecule has 1 aromatic heterocycles. The molecule has 0 bridgehead atoms. The number of piperidine rings is 1. The van der Waals surface area contributed by atoms with E-state index in [0.717, 1.165) is 44.1 Å². The Morgan fingerprint density at radius 1 is 1.20 bits per heavy atom. The van der Waals surface area contributed by atoms with Crippen LogP contribution in [-0.2, 0) is 5.41 Å². The molecule has 4 heteroatoms. The quantitative estimate of drug-likeness (QED) is 0.930. The van der Waals surface area contributed by atoms with E-state index >= 15 is 0 Å². The smallest absolute Gasteiger partial charge is 0.237 e. The highest BCUT2D eigenvalue weighted by molar-refractivity contribution is 5.38. The molecule has 1 saturated heterocycles. The lowest BCUT2D eigenvalue weighted by Gasteiger charge is -2.19. The van der Waals surface area contributed by atoms with Crippen LogP contribution >= 0.6 is 0 Å². The summed E-state index contributed by atoms with van der Waals surface area (Å²) in [6.07, 6.45) is 4.58. The summed E-state index contributed by atoms with van der Waals surface area (Å²) in [5.41, 5.74) is 1.30. The van der Waals surface area contributed by atoms with E-state index in [0.29, 0.717) is 5.92 Å². The van der Waals surface area contributed by atoms with Crippen molar-refractivity contribution in [2.24, 2.45) is 0 Å². The van der Waals surface area contributed by atoms with Gasteiger partial charge in [0.25, 0.3) is 0 Å². The van der Waals surface area contributed by atoms with Gasteiger partial charge in [-0.2, -0.15) is 4.98 Å². The third-order valence-corrected chi connectivity index (χ3v) is 4.59. The number of aromatic nitrogens is 2. The third kappa shape index (κ3) is 1.95. The van der Waals surface area contributed by atoms with Crippen molar-refractivity contribution in [1.29, 1.82) is 0 Å². The van der Waals surface area contributed by atoms with E-state index in [4.69, 9.17) is 9.51 Å². The predicted octanol–water partition coefficient (Wildman–Crippen LogP) is 2.62. The molecule has 20 heavy (non-hydrogen) atoms. The van der Waals surface area contributed by atoms with Crippen LogP contribution in [0.25, 0.3) is 0 Å². The molecule has 2 heterocycles. The summed E-state index contributed by atoms with van der Waals surface area (Å²) in [5.74, 6) is 2.10. The van der Waals surface area contributed by atoms with Crippen LogP contribution in [0.4, 0.5) is 0 Å². The molecule has 1 unspecified atom stereocenters. The molecule has 2 aliphatic rings. The van der Waals surface area contributed by atoms with Crippen molar-refractivity contribution in [2.75, 3.05) is 13.1 Å². The second kappa shape index (κ2) is 4.70. The van der Waals surface area contributed by atoms with Crippen LogP contribution in [0.2, 0.25) is 0 Å². The molecule has 0 amide bonds. The Morgan fingerprint density at radius 2 is 2.05 bits per heavy atom. The number of rotatable bonds is 3. The zero-order valence-corrected chi connectivity index (χ0v) is 11.5. The van der Waals surface area contributed by atoms with Gasteiger partial charge in [0.1, 0.15) is 0 Å². The highest BCUT2D eigenvalue weighted by Crippen LogP contribution is 2.52. The van der Waals surface area contributed by atoms with Crippen molar-refractivity contribution in [3.8, 4) is 0 Å². The molecule has 1 N–H and O–H groups in total. The van der Waals surface area contributed by atoms with Crippen LogP contribution in [0, 0.1) is 0 Å². The average Bonchev–Trinajstić information content (AvgIpc) is 3.19. The van der Waals surface area contributed by atoms with Gasteiger partial charge in [-0.1, -0.05) is 35.5 Å². The van der Waals surface area contributed by atoms with Gasteiger partial charge in [0.05, 0.1) is 5.41 Å². The standard InChI is InChI=1S/C16H19N3O/c1-2-6-13(7-3-1)16(8-9-16)15-18-14(19-20-15)12-5-4-10-17-11-12/h1-3,6-7,12,17H,4-5,8-11H2. The van der Waals surface area contributed by atoms with Gasteiger partial charge >= 0.3 is 0 Å². The summed E-state index contributed by atoms with van der Waals surface area (Å²) in [6.45, 7) is 2.08. The minimum absolute atomic E-state index is 0.00535. The Bertz CT molecular complexity index is 583. The summed E-state index contributed by atoms with van der Waals surface area (Å²) in [7, 11) is 0. The number of hydrogen-bond acceptors (Lipinski definition) is 4. The molecular weight excluding hydrogens is 250 g/mol. The lowest BCUT2D eigenvalue weighted by atomic mass is 9.95. The van der Waals surface area contributed by atoms with Crippen molar-refractivity contribution in [3.63, 3.8) is 0 Å². The van der Waals surface area contributed by atoms with Crippen LogP contribution in [0.1, 0.15) is 48.9 Å². The topological polar surface area (TPSA) is 51.0 Å². The summed E-state index contributed by atoms with van der Waals surface area (Å²) in [4.78, 5) is 4.73. The van der Waals surface area contributed by atoms with E-state index in [2.05, 4.69) is 34.7 Å². The van der Waals surface area contributed by atoms with Crippen LogP contribution < -0.4 is 5.32 Å². The summed E-state index contributed by atoms with van der Waals surface area (Å²) in [5, 5.41) is 7.65. The molecule has 0 spiro atoms. The fourth-order valence-corrected chi connectivity index (χ4v) is 3.18. The summed E-state index contributed by atoms with van der Waals surface area (Å²) >= 11 is 0. The second-order valence-corrected chi connectivity index (χ2v) is 5.95. The average molecular weight is 269 g/mol. The van der Waals surface area contributed by atoms with Crippen molar-refractivity contribution in [2.45, 2.75) is 37.0 Å². The van der Waals surface area contributed by atoms with Crippen molar-refractivity contribution < 1.29 is 4.52 Å². The molecule has 1 aliphatic carbocycles. The molecule has 4 nitrogen and oxygen atoms in total. The van der Waals surface area contributed by atoms with E-state index < -0.39 is 0 Å². The second-order valence-electron chi connectivity index (χ2n) is 5.95. The van der Waals surface area contributed by atoms with E-state index in [9.17, 15) is 0 Å². The van der Waals surface area contributed by atoms with E-state index in [1.165, 1.54) is 12.0 Å². The van der Waals surface area contributed by atoms with Gasteiger partial charge < -0.3 is 9.84 Å². The first-order valence-corrected chi connectivity index (χ1v) is 7.49. The maximum absolute atomic E-state index is 5.61. The molecule has 1 aliphatic heterocycles. The molecule has 2 fully saturated rings. The lowest BCUT2D eigenvalue weighted by Crippen LogP contribution is -2.29. The van der Waals surface area contributed by atoms with E-state index in [1.54, 1.807) is 0 Å². The molecule has 2 aromatic rings. The van der Waals surface area contributed by atoms with Crippen LogP contribution in [0.3, 0.4) is 0 Å². The molecule has 1 atom stereocenters. The number of nitrogens with one attached hydrogen (secondary N) is 1. The van der Waals surface area contributed by atoms with Gasteiger partial charge in [0.2, 0.25) is 5.89 Å². The van der Waals surface area contributed by atoms with Crippen LogP contribution in [0.5, 0.6) is 0 Å². The Balaban J connectivity index is 1.62. The summed E-state index contributed by atoms with van der Waals surface area (Å²) < 4.78 is 5.61. The predicted molar refractivity (Wildman–Crippen MR) is 75.6 cm³/mol. The zero-order valence-electron chi connectivity index (χ0n) is 11.5. The Morgan fingerprint density at radius 3 is 2.75 bits per heavy atom. The molecule has 0 radical (unpaired) electrons. The van der Waals surface area contributed by atoms with Gasteiger partial charge in [0, 0.05) is 12.5 Å². The van der Waals surface area contributed by atoms with E-state index in [-0.39, 0.29) is 5.41 Å². The van der Waals surface area contributed by atoms with Gasteiger partial charge in [-0.25, -0.2) is 0 Å². The molecular formula is C16H19N3O. The van der Waals surface area contributed by atoms with Crippen LogP contribution in [-0.4, -0.2) is 23.2 Å². The lowest BCUT2D eigenvalue weighted by molar-refractivity contribution is 0.347. The molecule has 1 saturated carbocycles. The summed E-state index contributed by atoms with van der Waals surface area (Å²) in [6, 6.07) is 10.5. The minimum atomic E-state index is -0.00535. The Labute approximate surface area is 118 Å². The van der Waals surface area contributed by atoms with Crippen molar-refractivity contribution in [1.82, 2.24) is 15.5 Å². The highest BCUT2D eigenvalue weighted by Gasteiger charge is 2.51. The largest absolute Gasteiger partial charge is 0.338 e. The molecule has 1 aromatic carbocycles. The molecule has 4 rings (SSSR count). The van der Waals surface area contributed by atoms with Crippen molar-refractivity contribution >= 4 is 0 Å². The maximum Gasteiger partial charge on any atom is 0.237 e. The zero-order chi connectivity index (χ0) is 13.4. The maximum atomic E-state index is 5.61. The Hall–Kier alpha value is -1.68. The third-order valence-electron chi connectivity index (χ3n) is 4.59. The van der Waals surface area contributed by atoms with Gasteiger partial charge in [0.15, 0.2) is 5.82 Å². The molecule has 104 valence electrons. The first-order chi connectivity index (χ1) is 9.88. The monoisotopic (exact) mass is 269 g/mol. The Kier molecular flexibility index (Phi) is 2.84. The number of nitrogens with zero attached hydrogens (tertiary/aromatic N) is 2. The number of hydrogen-bond donors (Lipinski definition) is 1. The fourth-order valence-electron chi connectivity index (χ4n) is 3.18. The van der Waals surface area contributed by atoms with E-state index in [1.807, 2.05) is 6.07 Å². The van der Waals surface area contributed by atoms with Crippen LogP contribution in [0.15, 0.2) is 34.9 Å². The minimum Gasteiger partial charge on any atom is -0.338 e. The normalized spacial score (nSPS) is 24.5. The van der Waals surface area contributed by atoms with Gasteiger partial charge in [-0.05, 0) is 37.8 Å². The SMILES string of the molecule is c1ccc(C2(c3nc(C4CCCNC4)no3)CC2)cc1. The van der Waals surface area contributed by atoms with Gasteiger partial charge in [-0.3, -0.25) is 0 Å². The first kappa shape index (κ1) is 12.1.